The Kier molecular flexibility index (Phi) is 5.89. The molecule has 0 amide bonds. The molecule has 0 bridgehead atoms. The molecule has 0 aliphatic heterocycles. The fourth-order valence-corrected chi connectivity index (χ4v) is 3.78. The largest absolute Gasteiger partial charge is 0.366 e. The molecule has 0 saturated heterocycles. The molecule has 21 heavy (non-hydrogen) atoms. The summed E-state index contributed by atoms with van der Waals surface area (Å²) in [6, 6.07) is 2.30. The Balaban J connectivity index is 1.65. The lowest BCUT2D eigenvalue weighted by molar-refractivity contribution is 0.403. The second kappa shape index (κ2) is 7.67. The Morgan fingerprint density at radius 3 is 2.95 bits per heavy atom. The van der Waals surface area contributed by atoms with Gasteiger partial charge in [0.1, 0.15) is 0 Å². The van der Waals surface area contributed by atoms with Gasteiger partial charge in [-0.3, -0.25) is 0 Å². The first-order chi connectivity index (χ1) is 10.0. The first-order valence-electron chi connectivity index (χ1n) is 6.73. The van der Waals surface area contributed by atoms with E-state index in [-0.39, 0.29) is 0 Å². The Morgan fingerprint density at radius 2 is 2.29 bits per heavy atom. The minimum Gasteiger partial charge on any atom is -0.366 e. The fraction of sp³-hybridized carbons (Fsp3) is 0.538. The summed E-state index contributed by atoms with van der Waals surface area (Å²) in [5.41, 5.74) is 6.93. The van der Waals surface area contributed by atoms with Gasteiger partial charge >= 0.3 is 0 Å². The maximum absolute atomic E-state index is 5.53. The molecule has 0 unspecified atom stereocenters. The van der Waals surface area contributed by atoms with Gasteiger partial charge in [-0.1, -0.05) is 0 Å². The number of thioether (sulfide) groups is 1. The average molecular weight is 326 g/mol. The van der Waals surface area contributed by atoms with Crippen LogP contribution in [0.3, 0.4) is 0 Å². The highest BCUT2D eigenvalue weighted by Gasteiger charge is 2.04. The van der Waals surface area contributed by atoms with Gasteiger partial charge in [-0.15, -0.1) is 16.4 Å². The Hall–Kier alpha value is -1.25. The van der Waals surface area contributed by atoms with Gasteiger partial charge < -0.3 is 16.0 Å². The fourth-order valence-electron chi connectivity index (χ4n) is 1.92. The van der Waals surface area contributed by atoms with E-state index in [4.69, 9.17) is 5.73 Å². The molecular formula is C13H22N6S2. The third kappa shape index (κ3) is 5.22. The van der Waals surface area contributed by atoms with Crippen LogP contribution in [0.15, 0.2) is 11.4 Å². The smallest absolute Gasteiger partial charge is 0.241 e. The van der Waals surface area contributed by atoms with Gasteiger partial charge in [0.2, 0.25) is 11.9 Å². The maximum Gasteiger partial charge on any atom is 0.241 e. The molecule has 2 heterocycles. The van der Waals surface area contributed by atoms with Crippen molar-refractivity contribution in [1.29, 1.82) is 0 Å². The summed E-state index contributed by atoms with van der Waals surface area (Å²) in [4.78, 5) is 7.72. The van der Waals surface area contributed by atoms with Crippen LogP contribution >= 0.6 is 23.1 Å². The van der Waals surface area contributed by atoms with Crippen LogP contribution in [0.25, 0.3) is 0 Å². The summed E-state index contributed by atoms with van der Waals surface area (Å²) < 4.78 is 1.66. The van der Waals surface area contributed by atoms with Crippen molar-refractivity contribution >= 4 is 35.0 Å². The summed E-state index contributed by atoms with van der Waals surface area (Å²) in [5, 5.41) is 9.48. The van der Waals surface area contributed by atoms with E-state index >= 15 is 0 Å². The minimum absolute atomic E-state index is 0.305. The second-order valence-corrected chi connectivity index (χ2v) is 7.16. The van der Waals surface area contributed by atoms with Crippen molar-refractivity contribution in [3.8, 4) is 0 Å². The van der Waals surface area contributed by atoms with E-state index in [2.05, 4.69) is 45.8 Å². The van der Waals surface area contributed by atoms with E-state index in [9.17, 15) is 0 Å². The van der Waals surface area contributed by atoms with E-state index in [0.717, 1.165) is 30.5 Å². The number of anilines is 2. The summed E-state index contributed by atoms with van der Waals surface area (Å²) in [7, 11) is 6.02. The molecule has 0 radical (unpaired) electrons. The number of hydrogen-bond donors (Lipinski definition) is 2. The number of hydrogen-bond acceptors (Lipinski definition) is 7. The van der Waals surface area contributed by atoms with Gasteiger partial charge in [-0.25, -0.2) is 4.68 Å². The number of nitrogens with one attached hydrogen (secondary N) is 1. The van der Waals surface area contributed by atoms with Crippen molar-refractivity contribution in [2.75, 3.05) is 37.4 Å². The quantitative estimate of drug-likeness (QED) is 0.722. The number of aromatic nitrogens is 3. The molecule has 0 fully saturated rings. The molecule has 0 aliphatic rings. The third-order valence-corrected chi connectivity index (χ3v) is 4.94. The maximum atomic E-state index is 5.53. The van der Waals surface area contributed by atoms with E-state index in [0.29, 0.717) is 5.95 Å². The zero-order valence-corrected chi connectivity index (χ0v) is 14.3. The second-order valence-electron chi connectivity index (χ2n) is 5.06. The lowest BCUT2D eigenvalue weighted by atomic mass is 10.3. The number of rotatable bonds is 8. The van der Waals surface area contributed by atoms with Crippen molar-refractivity contribution in [3.63, 3.8) is 0 Å². The molecule has 0 spiro atoms. The molecule has 116 valence electrons. The predicted molar refractivity (Wildman–Crippen MR) is 91.8 cm³/mol. The highest BCUT2D eigenvalue weighted by molar-refractivity contribution is 7.98. The van der Waals surface area contributed by atoms with Crippen LogP contribution in [0.1, 0.15) is 10.4 Å². The highest BCUT2D eigenvalue weighted by atomic mass is 32.2. The summed E-state index contributed by atoms with van der Waals surface area (Å²) >= 11 is 3.76. The molecule has 2 aromatic rings. The SMILES string of the molecule is CN(C)Cc1csc(CSCCNc2nc(N)nn2C)c1. The van der Waals surface area contributed by atoms with Crippen molar-refractivity contribution in [1.82, 2.24) is 19.7 Å². The van der Waals surface area contributed by atoms with Gasteiger partial charge in [0, 0.05) is 36.5 Å². The molecule has 3 N–H and O–H groups in total. The Bertz CT molecular complexity index is 563. The first kappa shape index (κ1) is 16.1. The molecule has 2 rings (SSSR count). The third-order valence-electron chi connectivity index (χ3n) is 2.76. The zero-order valence-electron chi connectivity index (χ0n) is 12.7. The van der Waals surface area contributed by atoms with Gasteiger partial charge in [-0.05, 0) is 31.1 Å². The van der Waals surface area contributed by atoms with Crippen molar-refractivity contribution in [2.24, 2.45) is 7.05 Å². The summed E-state index contributed by atoms with van der Waals surface area (Å²) in [5.74, 6) is 3.10. The molecule has 0 atom stereocenters. The Labute approximate surface area is 133 Å². The van der Waals surface area contributed by atoms with Crippen LogP contribution in [-0.2, 0) is 19.3 Å². The van der Waals surface area contributed by atoms with Crippen molar-refractivity contribution in [3.05, 3.63) is 21.9 Å². The topological polar surface area (TPSA) is 72.0 Å². The first-order valence-corrected chi connectivity index (χ1v) is 8.77. The summed E-state index contributed by atoms with van der Waals surface area (Å²) in [6.07, 6.45) is 0. The van der Waals surface area contributed by atoms with Crippen LogP contribution < -0.4 is 11.1 Å². The van der Waals surface area contributed by atoms with E-state index < -0.39 is 0 Å². The number of nitrogens with two attached hydrogens (primary N) is 1. The number of thiophene rings is 1. The van der Waals surface area contributed by atoms with Crippen LogP contribution in [-0.4, -0.2) is 46.1 Å². The van der Waals surface area contributed by atoms with E-state index in [1.54, 1.807) is 4.68 Å². The van der Waals surface area contributed by atoms with Crippen LogP contribution in [0, 0.1) is 0 Å². The van der Waals surface area contributed by atoms with Gasteiger partial charge in [0.15, 0.2) is 0 Å². The van der Waals surface area contributed by atoms with Crippen molar-refractivity contribution < 1.29 is 0 Å². The molecular weight excluding hydrogens is 304 g/mol. The molecule has 0 aliphatic carbocycles. The Morgan fingerprint density at radius 1 is 1.48 bits per heavy atom. The average Bonchev–Trinajstić information content (AvgIpc) is 2.95. The van der Waals surface area contributed by atoms with Gasteiger partial charge in [-0.2, -0.15) is 16.7 Å². The van der Waals surface area contributed by atoms with Crippen molar-refractivity contribution in [2.45, 2.75) is 12.3 Å². The predicted octanol–water partition coefficient (Wildman–Crippen LogP) is 1.87. The van der Waals surface area contributed by atoms with Crippen LogP contribution in [0.2, 0.25) is 0 Å². The highest BCUT2D eigenvalue weighted by Crippen LogP contribution is 2.21. The summed E-state index contributed by atoms with van der Waals surface area (Å²) in [6.45, 7) is 1.86. The monoisotopic (exact) mass is 326 g/mol. The van der Waals surface area contributed by atoms with Crippen LogP contribution in [0.4, 0.5) is 11.9 Å². The van der Waals surface area contributed by atoms with E-state index in [1.165, 1.54) is 10.4 Å². The van der Waals surface area contributed by atoms with Gasteiger partial charge in [0.25, 0.3) is 0 Å². The number of nitrogen functional groups attached to an aromatic ring is 1. The standard InChI is InChI=1S/C13H22N6S2/c1-18(2)7-10-6-11(21-8-10)9-20-5-4-15-13-16-12(14)17-19(13)3/h6,8H,4-5,7,9H2,1-3H3,(H3,14,15,16,17). The number of aryl methyl sites for hydroxylation is 1. The number of nitrogens with zero attached hydrogens (tertiary/aromatic N) is 4. The molecule has 8 heteroatoms. The minimum atomic E-state index is 0.305. The molecule has 0 aromatic carbocycles. The van der Waals surface area contributed by atoms with Crippen LogP contribution in [0.5, 0.6) is 0 Å². The zero-order chi connectivity index (χ0) is 15.2. The molecule has 0 saturated carbocycles. The van der Waals surface area contributed by atoms with E-state index in [1.807, 2.05) is 30.1 Å². The molecule has 2 aromatic heterocycles. The lowest BCUT2D eigenvalue weighted by Gasteiger charge is -2.06. The lowest BCUT2D eigenvalue weighted by Crippen LogP contribution is -2.09. The molecule has 6 nitrogen and oxygen atoms in total. The normalized spacial score (nSPS) is 11.2. The van der Waals surface area contributed by atoms with Gasteiger partial charge in [0.05, 0.1) is 0 Å².